The van der Waals surface area contributed by atoms with E-state index in [2.05, 4.69) is 10.6 Å². The van der Waals surface area contributed by atoms with Gasteiger partial charge >= 0.3 is 6.03 Å². The Morgan fingerprint density at radius 3 is 2.57 bits per heavy atom. The molecule has 4 amide bonds. The number of carbonyl (C=O) groups excluding carboxylic acids is 3. The van der Waals surface area contributed by atoms with Crippen LogP contribution >= 0.6 is 34.5 Å². The topological polar surface area (TPSA) is 125 Å². The number of anilines is 3. The van der Waals surface area contributed by atoms with Gasteiger partial charge in [-0.25, -0.2) is 22.8 Å². The molecular weight excluding hydrogens is 535 g/mol. The summed E-state index contributed by atoms with van der Waals surface area (Å²) in [5.41, 5.74) is 3.44. The summed E-state index contributed by atoms with van der Waals surface area (Å²) in [6.45, 7) is 0.758. The van der Waals surface area contributed by atoms with Crippen LogP contribution < -0.4 is 20.3 Å². The summed E-state index contributed by atoms with van der Waals surface area (Å²) in [6.07, 6.45) is 0.812. The average Bonchev–Trinajstić information content (AvgIpc) is 3.44. The summed E-state index contributed by atoms with van der Waals surface area (Å²) in [6, 6.07) is 9.36. The average molecular weight is 551 g/mol. The lowest BCUT2D eigenvalue weighted by Gasteiger charge is -2.29. The molecule has 0 spiro atoms. The highest BCUT2D eigenvalue weighted by molar-refractivity contribution is 7.92. The Hall–Kier alpha value is -3.12. The lowest BCUT2D eigenvalue weighted by atomic mass is 9.91. The van der Waals surface area contributed by atoms with E-state index in [0.717, 1.165) is 46.0 Å². The fraction of sp³-hybridized carbons (Fsp3) is 0.136. The van der Waals surface area contributed by atoms with E-state index in [-0.39, 0.29) is 31.4 Å². The van der Waals surface area contributed by atoms with Gasteiger partial charge in [-0.05, 0) is 60.0 Å². The van der Waals surface area contributed by atoms with Crippen LogP contribution in [-0.2, 0) is 27.7 Å². The van der Waals surface area contributed by atoms with Crippen molar-refractivity contribution in [3.05, 3.63) is 68.5 Å². The van der Waals surface area contributed by atoms with Crippen LogP contribution in [-0.4, -0.2) is 32.8 Å². The first-order valence-electron chi connectivity index (χ1n) is 10.3. The first-order chi connectivity index (χ1) is 16.6. The van der Waals surface area contributed by atoms with E-state index in [9.17, 15) is 22.8 Å². The van der Waals surface area contributed by atoms with Crippen molar-refractivity contribution in [2.45, 2.75) is 17.1 Å². The van der Waals surface area contributed by atoms with Crippen molar-refractivity contribution < 1.29 is 22.8 Å². The van der Waals surface area contributed by atoms with Crippen LogP contribution in [0, 0.1) is 0 Å². The maximum Gasteiger partial charge on any atom is 0.333 e. The Morgan fingerprint density at radius 2 is 1.86 bits per heavy atom. The fourth-order valence-electron chi connectivity index (χ4n) is 4.11. The third kappa shape index (κ3) is 4.36. The zero-order chi connectivity index (χ0) is 24.9. The van der Waals surface area contributed by atoms with Crippen molar-refractivity contribution in [1.82, 2.24) is 4.72 Å². The third-order valence-corrected chi connectivity index (χ3v) is 8.98. The molecular formula is C22H16Cl2N4O5S2. The molecule has 3 N–H and O–H groups in total. The molecule has 0 radical (unpaired) electrons. The Balaban J connectivity index is 1.35. The minimum Gasteiger partial charge on any atom is -0.384 e. The van der Waals surface area contributed by atoms with Gasteiger partial charge in [-0.15, -0.1) is 11.3 Å². The van der Waals surface area contributed by atoms with Crippen molar-refractivity contribution >= 4 is 79.5 Å². The maximum absolute atomic E-state index is 13.2. The molecule has 0 atom stereocenters. The summed E-state index contributed by atoms with van der Waals surface area (Å²) in [4.78, 5) is 39.4. The molecule has 3 heterocycles. The molecule has 0 aliphatic carbocycles. The highest BCUT2D eigenvalue weighted by Gasteiger charge is 2.36. The smallest absolute Gasteiger partial charge is 0.333 e. The number of hydrogen-bond acceptors (Lipinski definition) is 7. The van der Waals surface area contributed by atoms with Gasteiger partial charge in [0, 0.05) is 23.5 Å². The highest BCUT2D eigenvalue weighted by Crippen LogP contribution is 2.36. The summed E-state index contributed by atoms with van der Waals surface area (Å²) in [5, 5.41) is 5.64. The molecule has 9 nitrogen and oxygen atoms in total. The molecule has 2 aliphatic rings. The number of rotatable bonds is 4. The molecule has 0 saturated heterocycles. The summed E-state index contributed by atoms with van der Waals surface area (Å²) in [7, 11) is -4.10. The van der Waals surface area contributed by atoms with E-state index in [1.807, 2.05) is 10.8 Å². The van der Waals surface area contributed by atoms with E-state index >= 15 is 0 Å². The normalized spacial score (nSPS) is 14.9. The Kier molecular flexibility index (Phi) is 5.96. The number of amides is 4. The molecule has 0 fully saturated rings. The van der Waals surface area contributed by atoms with Crippen LogP contribution in [0.3, 0.4) is 0 Å². The second-order valence-corrected chi connectivity index (χ2v) is 11.8. The van der Waals surface area contributed by atoms with E-state index in [1.165, 1.54) is 30.3 Å². The SMILES string of the molecule is O=C(Nc1ccc(N2C(=O)Cc3c(ccc4c3CCN4)C2=O)c(Cl)c1)NS(=O)(=O)c1ccc(Cl)s1. The van der Waals surface area contributed by atoms with Crippen molar-refractivity contribution in [3.63, 3.8) is 0 Å². The van der Waals surface area contributed by atoms with Crippen molar-refractivity contribution in [3.8, 4) is 0 Å². The molecule has 180 valence electrons. The third-order valence-electron chi connectivity index (χ3n) is 5.62. The zero-order valence-corrected chi connectivity index (χ0v) is 20.9. The van der Waals surface area contributed by atoms with Gasteiger partial charge in [0.15, 0.2) is 0 Å². The number of urea groups is 1. The van der Waals surface area contributed by atoms with Gasteiger partial charge in [0.2, 0.25) is 5.91 Å². The van der Waals surface area contributed by atoms with Crippen LogP contribution in [0.1, 0.15) is 21.5 Å². The van der Waals surface area contributed by atoms with Gasteiger partial charge in [0.25, 0.3) is 15.9 Å². The minimum absolute atomic E-state index is 0.0312. The largest absolute Gasteiger partial charge is 0.384 e. The van der Waals surface area contributed by atoms with Gasteiger partial charge in [-0.3, -0.25) is 9.59 Å². The van der Waals surface area contributed by atoms with Gasteiger partial charge in [0.05, 0.1) is 21.5 Å². The number of nitrogens with one attached hydrogen (secondary N) is 3. The second-order valence-electron chi connectivity index (χ2n) is 7.79. The van der Waals surface area contributed by atoms with Crippen LogP contribution in [0.15, 0.2) is 46.7 Å². The standard InChI is InChI=1S/C22H16Cl2N4O5S2/c23-15-9-11(26-22(31)27-35(32,33)20-6-5-18(24)34-20)1-4-17(15)28-19(29)10-14-12-7-8-25-16(12)3-2-13(14)21(28)30/h1-6,9,25H,7-8,10H2,(H2,26,27,31). The van der Waals surface area contributed by atoms with Crippen LogP contribution in [0.5, 0.6) is 0 Å². The van der Waals surface area contributed by atoms with E-state index in [1.54, 1.807) is 6.07 Å². The first-order valence-corrected chi connectivity index (χ1v) is 13.3. The lowest BCUT2D eigenvalue weighted by Crippen LogP contribution is -2.43. The predicted octanol–water partition coefficient (Wildman–Crippen LogP) is 4.26. The minimum atomic E-state index is -4.10. The number of halogens is 2. The Labute approximate surface area is 214 Å². The quantitative estimate of drug-likeness (QED) is 0.417. The monoisotopic (exact) mass is 550 g/mol. The summed E-state index contributed by atoms with van der Waals surface area (Å²) in [5.74, 6) is -0.893. The van der Waals surface area contributed by atoms with Crippen molar-refractivity contribution in [2.24, 2.45) is 0 Å². The number of imide groups is 1. The molecule has 3 aromatic rings. The van der Waals surface area contributed by atoms with E-state index in [4.69, 9.17) is 23.2 Å². The van der Waals surface area contributed by atoms with Gasteiger partial charge in [-0.2, -0.15) is 0 Å². The Bertz CT molecular complexity index is 1520. The molecule has 2 aliphatic heterocycles. The zero-order valence-electron chi connectivity index (χ0n) is 17.7. The molecule has 2 aromatic carbocycles. The van der Waals surface area contributed by atoms with Crippen molar-refractivity contribution in [1.29, 1.82) is 0 Å². The van der Waals surface area contributed by atoms with Gasteiger partial charge < -0.3 is 10.6 Å². The van der Waals surface area contributed by atoms with Crippen LogP contribution in [0.25, 0.3) is 0 Å². The number of benzene rings is 2. The van der Waals surface area contributed by atoms with Crippen molar-refractivity contribution in [2.75, 3.05) is 22.1 Å². The van der Waals surface area contributed by atoms with Crippen LogP contribution in [0.4, 0.5) is 21.9 Å². The fourth-order valence-corrected chi connectivity index (χ4v) is 6.77. The van der Waals surface area contributed by atoms with Gasteiger partial charge in [0.1, 0.15) is 4.21 Å². The molecule has 35 heavy (non-hydrogen) atoms. The first kappa shape index (κ1) is 23.6. The summed E-state index contributed by atoms with van der Waals surface area (Å²) < 4.78 is 26.6. The number of hydrogen-bond donors (Lipinski definition) is 3. The van der Waals surface area contributed by atoms with Gasteiger partial charge in [-0.1, -0.05) is 23.2 Å². The number of nitrogens with zero attached hydrogens (tertiary/aromatic N) is 1. The van der Waals surface area contributed by atoms with E-state index < -0.39 is 27.9 Å². The molecule has 13 heteroatoms. The summed E-state index contributed by atoms with van der Waals surface area (Å²) >= 11 is 12.9. The number of sulfonamides is 1. The van der Waals surface area contributed by atoms with E-state index in [0.29, 0.717) is 5.56 Å². The number of fused-ring (bicyclic) bond motifs is 3. The maximum atomic E-state index is 13.2. The van der Waals surface area contributed by atoms with Crippen LogP contribution in [0.2, 0.25) is 9.36 Å². The lowest BCUT2D eigenvalue weighted by molar-refractivity contribution is -0.117. The number of thiophene rings is 1. The number of carbonyl (C=O) groups is 3. The molecule has 1 aromatic heterocycles. The molecule has 0 unspecified atom stereocenters. The Morgan fingerprint density at radius 1 is 1.06 bits per heavy atom. The predicted molar refractivity (Wildman–Crippen MR) is 134 cm³/mol. The molecule has 0 saturated carbocycles. The highest BCUT2D eigenvalue weighted by atomic mass is 35.5. The molecule has 5 rings (SSSR count). The second kappa shape index (κ2) is 8.83. The molecule has 0 bridgehead atoms.